The highest BCUT2D eigenvalue weighted by atomic mass is 32.2. The minimum atomic E-state index is -3.69. The number of nitrogens with one attached hydrogen (secondary N) is 1. The average molecular weight is 305 g/mol. The molecule has 0 aliphatic rings. The molecular formula is C14H15N3O3S. The molecule has 0 fully saturated rings. The monoisotopic (exact) mass is 305 g/mol. The molecule has 0 spiro atoms. The van der Waals surface area contributed by atoms with Gasteiger partial charge in [-0.2, -0.15) is 0 Å². The van der Waals surface area contributed by atoms with E-state index >= 15 is 0 Å². The van der Waals surface area contributed by atoms with Crippen molar-refractivity contribution < 1.29 is 12.9 Å². The summed E-state index contributed by atoms with van der Waals surface area (Å²) in [5, 5.41) is 3.65. The van der Waals surface area contributed by atoms with Crippen molar-refractivity contribution in [3.63, 3.8) is 0 Å². The predicted molar refractivity (Wildman–Crippen MR) is 77.6 cm³/mol. The Morgan fingerprint density at radius 1 is 1.38 bits per heavy atom. The van der Waals surface area contributed by atoms with Crippen LogP contribution < -0.4 is 10.5 Å². The van der Waals surface area contributed by atoms with E-state index < -0.39 is 10.0 Å². The maximum atomic E-state index is 12.4. The molecule has 1 aromatic carbocycles. The fraction of sp³-hybridized carbons (Fsp3) is 0.214. The van der Waals surface area contributed by atoms with Gasteiger partial charge in [0.2, 0.25) is 10.0 Å². The lowest BCUT2D eigenvalue weighted by atomic mass is 10.1. The number of nitrogens with two attached hydrogens (primary N) is 1. The summed E-state index contributed by atoms with van der Waals surface area (Å²) in [5.41, 5.74) is 7.19. The normalized spacial score (nSPS) is 11.0. The Labute approximate surface area is 123 Å². The molecule has 3 N–H and O–H groups in total. The molecule has 0 saturated heterocycles. The lowest BCUT2D eigenvalue weighted by molar-refractivity contribution is 0.411. The van der Waals surface area contributed by atoms with Crippen molar-refractivity contribution in [2.24, 2.45) is 5.73 Å². The van der Waals surface area contributed by atoms with Gasteiger partial charge in [-0.1, -0.05) is 23.1 Å². The zero-order valence-corrected chi connectivity index (χ0v) is 12.3. The van der Waals surface area contributed by atoms with Crippen LogP contribution in [0.3, 0.4) is 0 Å². The molecule has 0 atom stereocenters. The lowest BCUT2D eigenvalue weighted by Crippen LogP contribution is -2.24. The minimum Gasteiger partial charge on any atom is -0.364 e. The van der Waals surface area contributed by atoms with Crippen LogP contribution in [-0.4, -0.2) is 20.1 Å². The SMILES string of the molecule is Cc1ccc(S(=O)(=O)NCc2ccon2)c(C#CCN)c1. The van der Waals surface area contributed by atoms with Gasteiger partial charge in [0.05, 0.1) is 23.7 Å². The Kier molecular flexibility index (Phi) is 4.75. The van der Waals surface area contributed by atoms with E-state index in [1.807, 2.05) is 6.92 Å². The average Bonchev–Trinajstić information content (AvgIpc) is 2.96. The molecule has 2 rings (SSSR count). The van der Waals surface area contributed by atoms with Gasteiger partial charge in [-0.05, 0) is 24.6 Å². The molecular weight excluding hydrogens is 290 g/mol. The van der Waals surface area contributed by atoms with E-state index in [1.54, 1.807) is 18.2 Å². The van der Waals surface area contributed by atoms with Gasteiger partial charge in [-0.3, -0.25) is 0 Å². The number of sulfonamides is 1. The topological polar surface area (TPSA) is 98.2 Å². The summed E-state index contributed by atoms with van der Waals surface area (Å²) in [6, 6.07) is 6.55. The van der Waals surface area contributed by atoms with Crippen LogP contribution in [-0.2, 0) is 16.6 Å². The molecule has 0 aliphatic carbocycles. The van der Waals surface area contributed by atoms with Crippen LogP contribution in [0, 0.1) is 18.8 Å². The first kappa shape index (κ1) is 15.3. The molecule has 7 heteroatoms. The van der Waals surface area contributed by atoms with E-state index in [1.165, 1.54) is 12.3 Å². The second kappa shape index (κ2) is 6.54. The van der Waals surface area contributed by atoms with Crippen LogP contribution >= 0.6 is 0 Å². The minimum absolute atomic E-state index is 0.0521. The number of hydrogen-bond acceptors (Lipinski definition) is 5. The molecule has 0 bridgehead atoms. The van der Waals surface area contributed by atoms with Gasteiger partial charge in [0, 0.05) is 11.6 Å². The summed E-state index contributed by atoms with van der Waals surface area (Å²) >= 11 is 0. The van der Waals surface area contributed by atoms with Crippen molar-refractivity contribution in [2.45, 2.75) is 18.4 Å². The number of hydrogen-bond donors (Lipinski definition) is 2. The van der Waals surface area contributed by atoms with Crippen molar-refractivity contribution in [3.05, 3.63) is 47.3 Å². The van der Waals surface area contributed by atoms with Gasteiger partial charge in [0.1, 0.15) is 6.26 Å². The molecule has 110 valence electrons. The first-order valence-electron chi connectivity index (χ1n) is 6.21. The van der Waals surface area contributed by atoms with Gasteiger partial charge in [0.25, 0.3) is 0 Å². The van der Waals surface area contributed by atoms with E-state index in [-0.39, 0.29) is 18.0 Å². The van der Waals surface area contributed by atoms with Gasteiger partial charge >= 0.3 is 0 Å². The Hall–Kier alpha value is -2.14. The maximum Gasteiger partial charge on any atom is 0.242 e. The molecule has 1 heterocycles. The van der Waals surface area contributed by atoms with Gasteiger partial charge in [-0.25, -0.2) is 13.1 Å². The van der Waals surface area contributed by atoms with Crippen LogP contribution in [0.25, 0.3) is 0 Å². The Morgan fingerprint density at radius 2 is 2.19 bits per heavy atom. The summed E-state index contributed by atoms with van der Waals surface area (Å²) < 4.78 is 31.8. The third-order valence-corrected chi connectivity index (χ3v) is 4.14. The summed E-state index contributed by atoms with van der Waals surface area (Å²) in [6.45, 7) is 2.09. The highest BCUT2D eigenvalue weighted by Crippen LogP contribution is 2.17. The third kappa shape index (κ3) is 3.92. The molecule has 0 radical (unpaired) electrons. The van der Waals surface area contributed by atoms with E-state index in [9.17, 15) is 8.42 Å². The Bertz CT molecular complexity index is 772. The van der Waals surface area contributed by atoms with Crippen molar-refractivity contribution >= 4 is 10.0 Å². The van der Waals surface area contributed by atoms with E-state index in [4.69, 9.17) is 5.73 Å². The molecule has 6 nitrogen and oxygen atoms in total. The highest BCUT2D eigenvalue weighted by molar-refractivity contribution is 7.89. The first-order chi connectivity index (χ1) is 10.0. The molecule has 0 aliphatic heterocycles. The van der Waals surface area contributed by atoms with Crippen LogP contribution in [0.4, 0.5) is 0 Å². The van der Waals surface area contributed by atoms with Crippen molar-refractivity contribution in [3.8, 4) is 11.8 Å². The molecule has 0 amide bonds. The molecule has 1 aromatic heterocycles. The summed E-state index contributed by atoms with van der Waals surface area (Å²) in [6.07, 6.45) is 1.38. The smallest absolute Gasteiger partial charge is 0.242 e. The second-order valence-electron chi connectivity index (χ2n) is 4.32. The molecule has 0 saturated carbocycles. The zero-order valence-electron chi connectivity index (χ0n) is 11.5. The summed E-state index contributed by atoms with van der Waals surface area (Å²) in [7, 11) is -3.69. The van der Waals surface area contributed by atoms with E-state index in [0.717, 1.165) is 5.56 Å². The largest absolute Gasteiger partial charge is 0.364 e. The van der Waals surface area contributed by atoms with Gasteiger partial charge in [-0.15, -0.1) is 0 Å². The van der Waals surface area contributed by atoms with Crippen LogP contribution in [0.15, 0.2) is 39.9 Å². The third-order valence-electron chi connectivity index (χ3n) is 2.68. The number of rotatable bonds is 4. The Morgan fingerprint density at radius 3 is 2.86 bits per heavy atom. The second-order valence-corrected chi connectivity index (χ2v) is 6.06. The quantitative estimate of drug-likeness (QED) is 0.813. The molecule has 2 aromatic rings. The van der Waals surface area contributed by atoms with Crippen LogP contribution in [0.1, 0.15) is 16.8 Å². The maximum absolute atomic E-state index is 12.4. The molecule has 0 unspecified atom stereocenters. The summed E-state index contributed by atoms with van der Waals surface area (Å²) in [5.74, 6) is 5.46. The van der Waals surface area contributed by atoms with Crippen molar-refractivity contribution in [2.75, 3.05) is 6.54 Å². The fourth-order valence-electron chi connectivity index (χ4n) is 1.70. The van der Waals surface area contributed by atoms with Crippen LogP contribution in [0.5, 0.6) is 0 Å². The number of nitrogens with zero attached hydrogens (tertiary/aromatic N) is 1. The Balaban J connectivity index is 2.30. The van der Waals surface area contributed by atoms with Gasteiger partial charge < -0.3 is 10.3 Å². The van der Waals surface area contributed by atoms with Crippen molar-refractivity contribution in [1.82, 2.24) is 9.88 Å². The zero-order chi connectivity index (χ0) is 15.3. The predicted octanol–water partition coefficient (Wildman–Crippen LogP) is 0.772. The first-order valence-corrected chi connectivity index (χ1v) is 7.70. The summed E-state index contributed by atoms with van der Waals surface area (Å²) in [4.78, 5) is 0.123. The standard InChI is InChI=1S/C14H15N3O3S/c1-11-4-5-14(12(9-11)3-2-7-15)21(18,19)16-10-13-6-8-20-17-13/h4-6,8-9,16H,7,10,15H2,1H3. The number of aryl methyl sites for hydroxylation is 1. The van der Waals surface area contributed by atoms with Crippen LogP contribution in [0.2, 0.25) is 0 Å². The molecule has 21 heavy (non-hydrogen) atoms. The number of benzene rings is 1. The lowest BCUT2D eigenvalue weighted by Gasteiger charge is -2.08. The fourth-order valence-corrected chi connectivity index (χ4v) is 2.84. The number of aromatic nitrogens is 1. The van der Waals surface area contributed by atoms with E-state index in [0.29, 0.717) is 11.3 Å². The highest BCUT2D eigenvalue weighted by Gasteiger charge is 2.18. The van der Waals surface area contributed by atoms with Crippen molar-refractivity contribution in [1.29, 1.82) is 0 Å². The van der Waals surface area contributed by atoms with Gasteiger partial charge in [0.15, 0.2) is 0 Å². The van der Waals surface area contributed by atoms with E-state index in [2.05, 4.69) is 26.2 Å².